The van der Waals surface area contributed by atoms with E-state index in [0.29, 0.717) is 23.2 Å². The predicted molar refractivity (Wildman–Crippen MR) is 96.1 cm³/mol. The standard InChI is InChI=1S/C21H36O2/c1-15(14-19(22)23-6)10-12-20(4)17(3)11-13-21(5)16(2)8-7-9-18(20)21/h15,17-18H,2,7-14H2,1,3-6H3/t15?,17-,18-,20+,21+/m1/s1. The van der Waals surface area contributed by atoms with Gasteiger partial charge in [0.2, 0.25) is 0 Å². The van der Waals surface area contributed by atoms with E-state index in [1.54, 1.807) is 0 Å². The number of esters is 1. The first-order valence-corrected chi connectivity index (χ1v) is 9.49. The lowest BCUT2D eigenvalue weighted by Gasteiger charge is -2.59. The zero-order valence-corrected chi connectivity index (χ0v) is 15.9. The van der Waals surface area contributed by atoms with Crippen LogP contribution in [0.15, 0.2) is 12.2 Å². The van der Waals surface area contributed by atoms with E-state index in [9.17, 15) is 4.79 Å². The molecule has 2 rings (SSSR count). The van der Waals surface area contributed by atoms with Crippen molar-refractivity contribution in [2.45, 2.75) is 79.1 Å². The summed E-state index contributed by atoms with van der Waals surface area (Å²) in [4.78, 5) is 11.5. The maximum atomic E-state index is 11.5. The van der Waals surface area contributed by atoms with Crippen molar-refractivity contribution >= 4 is 5.97 Å². The van der Waals surface area contributed by atoms with Crippen molar-refractivity contribution in [1.29, 1.82) is 0 Å². The van der Waals surface area contributed by atoms with Gasteiger partial charge in [0, 0.05) is 6.42 Å². The van der Waals surface area contributed by atoms with Crippen LogP contribution < -0.4 is 0 Å². The molecule has 23 heavy (non-hydrogen) atoms. The second-order valence-corrected chi connectivity index (χ2v) is 8.84. The molecular weight excluding hydrogens is 284 g/mol. The third-order valence-electron chi connectivity index (χ3n) is 7.49. The SMILES string of the molecule is C=C1CCC[C@@H]2[C@@](C)(CCC(C)CC(=O)OC)[C@H](C)CC[C@@]12C. The van der Waals surface area contributed by atoms with Gasteiger partial charge in [0.1, 0.15) is 0 Å². The number of rotatable bonds is 5. The third kappa shape index (κ3) is 3.51. The smallest absolute Gasteiger partial charge is 0.305 e. The molecule has 0 spiro atoms. The maximum absolute atomic E-state index is 11.5. The minimum absolute atomic E-state index is 0.0739. The van der Waals surface area contributed by atoms with Crippen LogP contribution in [-0.4, -0.2) is 13.1 Å². The molecule has 2 heteroatoms. The van der Waals surface area contributed by atoms with Gasteiger partial charge in [0.05, 0.1) is 7.11 Å². The van der Waals surface area contributed by atoms with E-state index in [1.807, 2.05) is 0 Å². The van der Waals surface area contributed by atoms with Gasteiger partial charge >= 0.3 is 5.97 Å². The summed E-state index contributed by atoms with van der Waals surface area (Å²) in [5.74, 6) is 1.85. The van der Waals surface area contributed by atoms with Gasteiger partial charge in [-0.3, -0.25) is 4.79 Å². The van der Waals surface area contributed by atoms with Crippen LogP contribution in [0.4, 0.5) is 0 Å². The number of carbonyl (C=O) groups excluding carboxylic acids is 1. The summed E-state index contributed by atoms with van der Waals surface area (Å²) in [6.07, 6.45) is 9.39. The fourth-order valence-electron chi connectivity index (χ4n) is 5.42. The lowest BCUT2D eigenvalue weighted by molar-refractivity contribution is -0.141. The zero-order chi connectivity index (χ0) is 17.3. The van der Waals surface area contributed by atoms with Crippen molar-refractivity contribution in [1.82, 2.24) is 0 Å². The molecule has 0 amide bonds. The van der Waals surface area contributed by atoms with Crippen LogP contribution >= 0.6 is 0 Å². The summed E-state index contributed by atoms with van der Waals surface area (Å²) < 4.78 is 4.82. The van der Waals surface area contributed by atoms with Crippen LogP contribution in [0.5, 0.6) is 0 Å². The van der Waals surface area contributed by atoms with E-state index < -0.39 is 0 Å². The molecule has 0 bridgehead atoms. The van der Waals surface area contributed by atoms with Gasteiger partial charge in [0.15, 0.2) is 0 Å². The average Bonchev–Trinajstić information content (AvgIpc) is 2.52. The second kappa shape index (κ2) is 6.99. The number of fused-ring (bicyclic) bond motifs is 1. The Morgan fingerprint density at radius 1 is 1.39 bits per heavy atom. The Balaban J connectivity index is 2.10. The van der Waals surface area contributed by atoms with Crippen molar-refractivity contribution in [3.63, 3.8) is 0 Å². The minimum Gasteiger partial charge on any atom is -0.469 e. The quantitative estimate of drug-likeness (QED) is 0.475. The Morgan fingerprint density at radius 2 is 2.09 bits per heavy atom. The van der Waals surface area contributed by atoms with Crippen molar-refractivity contribution in [2.24, 2.45) is 28.6 Å². The molecule has 2 nitrogen and oxygen atoms in total. The maximum Gasteiger partial charge on any atom is 0.305 e. The van der Waals surface area contributed by atoms with Crippen molar-refractivity contribution < 1.29 is 9.53 Å². The van der Waals surface area contributed by atoms with E-state index >= 15 is 0 Å². The molecule has 5 atom stereocenters. The van der Waals surface area contributed by atoms with Gasteiger partial charge in [-0.15, -0.1) is 0 Å². The summed E-state index contributed by atoms with van der Waals surface area (Å²) in [5, 5.41) is 0. The summed E-state index contributed by atoms with van der Waals surface area (Å²) in [6, 6.07) is 0. The molecule has 2 aliphatic rings. The molecule has 0 saturated heterocycles. The molecule has 0 N–H and O–H groups in total. The number of hydrogen-bond acceptors (Lipinski definition) is 2. The summed E-state index contributed by atoms with van der Waals surface area (Å²) in [7, 11) is 1.48. The number of carbonyl (C=O) groups is 1. The van der Waals surface area contributed by atoms with Crippen LogP contribution in [0.3, 0.4) is 0 Å². The van der Waals surface area contributed by atoms with Gasteiger partial charge in [-0.25, -0.2) is 0 Å². The van der Waals surface area contributed by atoms with E-state index in [0.717, 1.165) is 18.3 Å². The normalized spacial score (nSPS) is 38.7. The molecule has 1 unspecified atom stereocenters. The largest absolute Gasteiger partial charge is 0.469 e. The van der Waals surface area contributed by atoms with Crippen molar-refractivity contribution in [3.05, 3.63) is 12.2 Å². The molecule has 0 aromatic rings. The number of allylic oxidation sites excluding steroid dienone is 1. The van der Waals surface area contributed by atoms with Gasteiger partial charge in [-0.05, 0) is 73.5 Å². The first-order chi connectivity index (χ1) is 10.7. The molecule has 0 aromatic heterocycles. The molecule has 132 valence electrons. The summed E-state index contributed by atoms with van der Waals surface area (Å²) in [5.41, 5.74) is 2.21. The first kappa shape index (κ1) is 18.5. The van der Waals surface area contributed by atoms with E-state index in [2.05, 4.69) is 34.3 Å². The van der Waals surface area contributed by atoms with Gasteiger partial charge in [0.25, 0.3) is 0 Å². The molecule has 0 radical (unpaired) electrons. The first-order valence-electron chi connectivity index (χ1n) is 9.49. The van der Waals surface area contributed by atoms with E-state index in [1.165, 1.54) is 51.2 Å². The minimum atomic E-state index is -0.0739. The fraction of sp³-hybridized carbons (Fsp3) is 0.857. The van der Waals surface area contributed by atoms with Crippen LogP contribution in [0.25, 0.3) is 0 Å². The highest BCUT2D eigenvalue weighted by molar-refractivity contribution is 5.69. The van der Waals surface area contributed by atoms with Gasteiger partial charge in [-0.1, -0.05) is 39.8 Å². The molecule has 2 fully saturated rings. The number of hydrogen-bond donors (Lipinski definition) is 0. The highest BCUT2D eigenvalue weighted by Gasteiger charge is 2.53. The summed E-state index contributed by atoms with van der Waals surface area (Å²) >= 11 is 0. The van der Waals surface area contributed by atoms with E-state index in [4.69, 9.17) is 4.74 Å². The fourth-order valence-corrected chi connectivity index (χ4v) is 5.42. The van der Waals surface area contributed by atoms with Crippen LogP contribution in [0, 0.1) is 28.6 Å². The van der Waals surface area contributed by atoms with E-state index in [-0.39, 0.29) is 5.97 Å². The molecule has 0 aromatic carbocycles. The highest BCUT2D eigenvalue weighted by atomic mass is 16.5. The van der Waals surface area contributed by atoms with Crippen LogP contribution in [0.1, 0.15) is 79.1 Å². The molecule has 0 heterocycles. The Labute approximate surface area is 143 Å². The highest BCUT2D eigenvalue weighted by Crippen LogP contribution is 2.62. The molecule has 2 aliphatic carbocycles. The van der Waals surface area contributed by atoms with Crippen molar-refractivity contribution in [3.8, 4) is 0 Å². The zero-order valence-electron chi connectivity index (χ0n) is 15.9. The second-order valence-electron chi connectivity index (χ2n) is 8.84. The Bertz CT molecular complexity index is 455. The summed E-state index contributed by atoms with van der Waals surface area (Å²) in [6.45, 7) is 14.1. The molecule has 0 aliphatic heterocycles. The lowest BCUT2D eigenvalue weighted by atomic mass is 9.46. The third-order valence-corrected chi connectivity index (χ3v) is 7.49. The van der Waals surface area contributed by atoms with Crippen LogP contribution in [-0.2, 0) is 9.53 Å². The monoisotopic (exact) mass is 320 g/mol. The van der Waals surface area contributed by atoms with Crippen LogP contribution in [0.2, 0.25) is 0 Å². The van der Waals surface area contributed by atoms with Gasteiger partial charge in [-0.2, -0.15) is 0 Å². The number of methoxy groups -OCH3 is 1. The Kier molecular flexibility index (Phi) is 5.63. The Hall–Kier alpha value is -0.790. The Morgan fingerprint density at radius 3 is 2.74 bits per heavy atom. The molecule has 2 saturated carbocycles. The average molecular weight is 321 g/mol. The lowest BCUT2D eigenvalue weighted by Crippen LogP contribution is -2.50. The predicted octanol–water partition coefficient (Wildman–Crippen LogP) is 5.76. The topological polar surface area (TPSA) is 26.3 Å². The molecular formula is C21H36O2. The van der Waals surface area contributed by atoms with Gasteiger partial charge < -0.3 is 4.74 Å². The number of ether oxygens (including phenoxy) is 1. The van der Waals surface area contributed by atoms with Crippen molar-refractivity contribution in [2.75, 3.05) is 7.11 Å².